The molecule has 7 heteroatoms. The lowest BCUT2D eigenvalue weighted by Gasteiger charge is -2.35. The number of nitrogens with zero attached hydrogens (tertiary/aromatic N) is 4. The molecule has 142 valence electrons. The van der Waals surface area contributed by atoms with Crippen molar-refractivity contribution in [3.8, 4) is 5.88 Å². The molecule has 28 heavy (non-hydrogen) atoms. The minimum atomic E-state index is -0.0461. The van der Waals surface area contributed by atoms with Gasteiger partial charge in [0, 0.05) is 17.6 Å². The molecule has 0 fully saturated rings. The topological polar surface area (TPSA) is 53.7 Å². The molecule has 0 aliphatic carbocycles. The molecule has 1 N–H and O–H groups in total. The molecule has 0 spiro atoms. The Labute approximate surface area is 175 Å². The summed E-state index contributed by atoms with van der Waals surface area (Å²) in [5.74, 6) is 0.854. The summed E-state index contributed by atoms with van der Waals surface area (Å²) in [5.41, 5.74) is 3.92. The number of halogens is 1. The summed E-state index contributed by atoms with van der Waals surface area (Å²) < 4.78 is 2.60. The first-order valence-electron chi connectivity index (χ1n) is 9.21. The first kappa shape index (κ1) is 17.8. The van der Waals surface area contributed by atoms with Crippen LogP contribution in [0.5, 0.6) is 5.88 Å². The average molecular weight is 455 g/mol. The molecule has 0 saturated carbocycles. The van der Waals surface area contributed by atoms with E-state index in [0.29, 0.717) is 5.82 Å². The first-order valence-corrected chi connectivity index (χ1v) is 10.8. The molecular weight excluding hydrogens is 436 g/mol. The number of hydrogen-bond acceptors (Lipinski definition) is 5. The maximum absolute atomic E-state index is 11.0. The molecule has 2 aromatic heterocycles. The van der Waals surface area contributed by atoms with E-state index in [2.05, 4.69) is 79.4 Å². The molecule has 4 aromatic rings. The molecule has 3 heterocycles. The van der Waals surface area contributed by atoms with Gasteiger partial charge in [0.05, 0.1) is 10.9 Å². The van der Waals surface area contributed by atoms with Gasteiger partial charge < -0.3 is 5.11 Å². The third-order valence-electron chi connectivity index (χ3n) is 5.27. The van der Waals surface area contributed by atoms with Crippen molar-refractivity contribution in [2.45, 2.75) is 25.9 Å². The maximum Gasteiger partial charge on any atom is 0.230 e. The van der Waals surface area contributed by atoms with E-state index in [-0.39, 0.29) is 11.9 Å². The number of aromatic nitrogens is 3. The van der Waals surface area contributed by atoms with Gasteiger partial charge in [-0.15, -0.1) is 5.10 Å². The van der Waals surface area contributed by atoms with E-state index < -0.39 is 0 Å². The molecule has 0 bridgehead atoms. The fourth-order valence-corrected chi connectivity index (χ4v) is 5.36. The summed E-state index contributed by atoms with van der Waals surface area (Å²) >= 11 is 5.04. The molecule has 5 rings (SSSR count). The summed E-state index contributed by atoms with van der Waals surface area (Å²) in [6.45, 7) is 3.62. The van der Waals surface area contributed by atoms with E-state index in [1.807, 2.05) is 6.92 Å². The molecule has 5 nitrogen and oxygen atoms in total. The molecule has 1 aliphatic rings. The van der Waals surface area contributed by atoms with Gasteiger partial charge in [-0.1, -0.05) is 63.7 Å². The fraction of sp³-hybridized carbons (Fsp3) is 0.238. The van der Waals surface area contributed by atoms with Gasteiger partial charge in [0.1, 0.15) is 5.82 Å². The number of hydrogen-bond donors (Lipinski definition) is 1. The van der Waals surface area contributed by atoms with Crippen LogP contribution in [-0.2, 0) is 13.0 Å². The van der Waals surface area contributed by atoms with Crippen molar-refractivity contribution in [1.29, 1.82) is 0 Å². The van der Waals surface area contributed by atoms with Gasteiger partial charge in [0.15, 0.2) is 0 Å². The van der Waals surface area contributed by atoms with Gasteiger partial charge in [-0.2, -0.15) is 4.52 Å². The molecule has 0 amide bonds. The summed E-state index contributed by atoms with van der Waals surface area (Å²) in [7, 11) is 0. The highest BCUT2D eigenvalue weighted by Gasteiger charge is 2.31. The Morgan fingerprint density at radius 1 is 1.11 bits per heavy atom. The zero-order chi connectivity index (χ0) is 19.3. The van der Waals surface area contributed by atoms with Crippen LogP contribution in [0.25, 0.3) is 4.96 Å². The lowest BCUT2D eigenvalue weighted by atomic mass is 9.96. The first-order chi connectivity index (χ1) is 13.6. The second-order valence-electron chi connectivity index (χ2n) is 7.09. The summed E-state index contributed by atoms with van der Waals surface area (Å²) in [6.07, 6.45) is 1.00. The van der Waals surface area contributed by atoms with E-state index >= 15 is 0 Å². The van der Waals surface area contributed by atoms with Gasteiger partial charge >= 0.3 is 0 Å². The van der Waals surface area contributed by atoms with E-state index in [0.717, 1.165) is 39.4 Å². The van der Waals surface area contributed by atoms with Crippen LogP contribution in [-0.4, -0.2) is 31.1 Å². The zero-order valence-corrected chi connectivity index (χ0v) is 17.7. The second kappa shape index (κ2) is 6.99. The van der Waals surface area contributed by atoms with Crippen molar-refractivity contribution in [3.05, 3.63) is 80.4 Å². The Balaban J connectivity index is 1.62. The van der Waals surface area contributed by atoms with Crippen molar-refractivity contribution in [2.75, 3.05) is 6.54 Å². The van der Waals surface area contributed by atoms with Gasteiger partial charge in [-0.3, -0.25) is 4.90 Å². The summed E-state index contributed by atoms with van der Waals surface area (Å²) in [6, 6.07) is 16.9. The second-order valence-corrected chi connectivity index (χ2v) is 9.01. The summed E-state index contributed by atoms with van der Waals surface area (Å²) in [4.78, 5) is 8.50. The highest BCUT2D eigenvalue weighted by atomic mass is 79.9. The smallest absolute Gasteiger partial charge is 0.230 e. The quantitative estimate of drug-likeness (QED) is 0.486. The maximum atomic E-state index is 11.0. The van der Waals surface area contributed by atoms with Crippen molar-refractivity contribution in [3.63, 3.8) is 0 Å². The van der Waals surface area contributed by atoms with Crippen LogP contribution in [0, 0.1) is 6.92 Å². The number of fused-ring (bicyclic) bond motifs is 2. The van der Waals surface area contributed by atoms with Crippen LogP contribution in [0.4, 0.5) is 0 Å². The van der Waals surface area contributed by atoms with Crippen molar-refractivity contribution < 1.29 is 5.11 Å². The largest absolute Gasteiger partial charge is 0.492 e. The standard InChI is InChI=1S/C21H19BrN4OS/c1-13-23-21-26(24-13)20(27)19(28-21)18(15-6-8-17(22)9-7-15)25-11-10-14-4-2-3-5-16(14)12-25/h2-9,18,27H,10-12H2,1H3/t18-/m1/s1. The molecule has 1 atom stereocenters. The average Bonchev–Trinajstić information content (AvgIpc) is 3.21. The highest BCUT2D eigenvalue weighted by molar-refractivity contribution is 9.10. The normalized spacial score (nSPS) is 15.6. The van der Waals surface area contributed by atoms with Crippen molar-refractivity contribution in [1.82, 2.24) is 19.5 Å². The third-order valence-corrected chi connectivity index (χ3v) is 6.87. The van der Waals surface area contributed by atoms with E-state index in [9.17, 15) is 5.11 Å². The predicted molar refractivity (Wildman–Crippen MR) is 114 cm³/mol. The SMILES string of the molecule is Cc1nc2sc([C@@H](c3ccc(Br)cc3)N3CCc4ccccc4C3)c(O)n2n1. The van der Waals surface area contributed by atoms with Crippen molar-refractivity contribution >= 4 is 32.2 Å². The van der Waals surface area contributed by atoms with Crippen LogP contribution in [0.1, 0.15) is 33.4 Å². The molecule has 0 saturated heterocycles. The van der Waals surface area contributed by atoms with Crippen LogP contribution in [0.15, 0.2) is 53.0 Å². The van der Waals surface area contributed by atoms with Crippen molar-refractivity contribution in [2.24, 2.45) is 0 Å². The Hall–Kier alpha value is -2.22. The Kier molecular flexibility index (Phi) is 4.45. The lowest BCUT2D eigenvalue weighted by molar-refractivity contribution is 0.205. The van der Waals surface area contributed by atoms with Gasteiger partial charge in [-0.25, -0.2) is 4.98 Å². The number of aryl methyl sites for hydroxylation is 1. The Morgan fingerprint density at radius 2 is 1.86 bits per heavy atom. The van der Waals surface area contributed by atoms with E-state index in [1.54, 1.807) is 4.52 Å². The lowest BCUT2D eigenvalue weighted by Crippen LogP contribution is -2.34. The van der Waals surface area contributed by atoms with E-state index in [4.69, 9.17) is 0 Å². The molecule has 2 aromatic carbocycles. The number of thiazole rings is 1. The van der Waals surface area contributed by atoms with Crippen LogP contribution < -0.4 is 0 Å². The molecule has 1 aliphatic heterocycles. The van der Waals surface area contributed by atoms with Crippen LogP contribution in [0.3, 0.4) is 0 Å². The van der Waals surface area contributed by atoms with Gasteiger partial charge in [-0.05, 0) is 42.2 Å². The highest BCUT2D eigenvalue weighted by Crippen LogP contribution is 2.41. The Bertz CT molecular complexity index is 1150. The molecular formula is C21H19BrN4OS. The van der Waals surface area contributed by atoms with E-state index in [1.165, 1.54) is 22.5 Å². The monoisotopic (exact) mass is 454 g/mol. The summed E-state index contributed by atoms with van der Waals surface area (Å²) in [5, 5.41) is 15.3. The minimum Gasteiger partial charge on any atom is -0.492 e. The number of rotatable bonds is 3. The predicted octanol–water partition coefficient (Wildman–Crippen LogP) is 4.72. The number of benzene rings is 2. The fourth-order valence-electron chi connectivity index (χ4n) is 3.94. The molecule has 0 radical (unpaired) electrons. The van der Waals surface area contributed by atoms with Gasteiger partial charge in [0.2, 0.25) is 10.8 Å². The van der Waals surface area contributed by atoms with Gasteiger partial charge in [0.25, 0.3) is 0 Å². The number of aromatic hydroxyl groups is 1. The van der Waals surface area contributed by atoms with Crippen LogP contribution in [0.2, 0.25) is 0 Å². The minimum absolute atomic E-state index is 0.0461. The Morgan fingerprint density at radius 3 is 2.61 bits per heavy atom. The third kappa shape index (κ3) is 3.03. The zero-order valence-electron chi connectivity index (χ0n) is 15.3. The van der Waals surface area contributed by atoms with Crippen LogP contribution >= 0.6 is 27.3 Å². The molecule has 0 unspecified atom stereocenters.